The first-order valence-corrected chi connectivity index (χ1v) is 19.2. The van der Waals surface area contributed by atoms with Crippen molar-refractivity contribution in [1.29, 1.82) is 0 Å². The van der Waals surface area contributed by atoms with Gasteiger partial charge in [0.2, 0.25) is 0 Å². The molecule has 244 valence electrons. The third-order valence-corrected chi connectivity index (χ3v) is 13.5. The number of hydrogen-bond donors (Lipinski definition) is 0. The monoisotopic (exact) mass is 668 g/mol. The molecule has 1 aliphatic carbocycles. The number of fused-ring (bicyclic) bond motifs is 6. The molecule has 0 N–H and O–H groups in total. The van der Waals surface area contributed by atoms with Crippen LogP contribution in [-0.4, -0.2) is 62.8 Å². The summed E-state index contributed by atoms with van der Waals surface area (Å²) in [6, 6.07) is 41.3. The first kappa shape index (κ1) is 33.9. The molecule has 0 saturated carbocycles. The van der Waals surface area contributed by atoms with Gasteiger partial charge in [0.15, 0.2) is 0 Å². The van der Waals surface area contributed by atoms with E-state index >= 15 is 0 Å². The van der Waals surface area contributed by atoms with Crippen LogP contribution in [0.1, 0.15) is 25.0 Å². The summed E-state index contributed by atoms with van der Waals surface area (Å²) >= 11 is 0. The van der Waals surface area contributed by atoms with Gasteiger partial charge >= 0.3 is 0 Å². The van der Waals surface area contributed by atoms with E-state index in [-0.39, 0.29) is 5.41 Å². The van der Waals surface area contributed by atoms with Gasteiger partial charge in [-0.05, 0) is 106 Å². The van der Waals surface area contributed by atoms with E-state index < -0.39 is 0 Å². The van der Waals surface area contributed by atoms with Crippen LogP contribution in [-0.2, 0) is 5.41 Å². The Balaban J connectivity index is 1.40. The molecular formula is C45H40B8. The van der Waals surface area contributed by atoms with Crippen molar-refractivity contribution in [3.8, 4) is 44.5 Å². The van der Waals surface area contributed by atoms with Crippen LogP contribution in [0, 0.1) is 0 Å². The van der Waals surface area contributed by atoms with Crippen molar-refractivity contribution >= 4 is 139 Å². The molecule has 0 heterocycles. The largest absolute Gasteiger partial charge is 0.139 e. The molecule has 1 aliphatic rings. The summed E-state index contributed by atoms with van der Waals surface area (Å²) in [5, 5.41) is 8.09. The van der Waals surface area contributed by atoms with Gasteiger partial charge in [-0.1, -0.05) is 127 Å². The minimum Gasteiger partial charge on any atom is -0.101 e. The molecule has 0 bridgehead atoms. The maximum atomic E-state index is 2.47. The maximum absolute atomic E-state index is 2.47. The molecular weight excluding hydrogens is 627 g/mol. The molecule has 8 aromatic carbocycles. The second-order valence-corrected chi connectivity index (χ2v) is 16.3. The highest BCUT2D eigenvalue weighted by Gasteiger charge is 2.35. The van der Waals surface area contributed by atoms with Gasteiger partial charge in [-0.2, -0.15) is 0 Å². The van der Waals surface area contributed by atoms with E-state index in [1.807, 2.05) is 0 Å². The van der Waals surface area contributed by atoms with E-state index in [0.29, 0.717) is 0 Å². The fraction of sp³-hybridized carbons (Fsp3) is 0.0667. The molecule has 0 radical (unpaired) electrons. The average molecular weight is 667 g/mol. The third kappa shape index (κ3) is 4.80. The van der Waals surface area contributed by atoms with Gasteiger partial charge in [-0.25, -0.2) is 0 Å². The maximum Gasteiger partial charge on any atom is 0.139 e. The van der Waals surface area contributed by atoms with Crippen LogP contribution in [0.15, 0.2) is 109 Å². The van der Waals surface area contributed by atoms with Gasteiger partial charge < -0.3 is 0 Å². The van der Waals surface area contributed by atoms with Crippen molar-refractivity contribution < 1.29 is 0 Å². The number of rotatable bonds is 3. The summed E-state index contributed by atoms with van der Waals surface area (Å²) in [7, 11) is 18.7. The lowest BCUT2D eigenvalue weighted by molar-refractivity contribution is 0.660. The van der Waals surface area contributed by atoms with Gasteiger partial charge in [0.25, 0.3) is 0 Å². The molecule has 53 heavy (non-hydrogen) atoms. The van der Waals surface area contributed by atoms with Crippen LogP contribution >= 0.6 is 0 Å². The predicted octanol–water partition coefficient (Wildman–Crippen LogP) is -1.48. The molecule has 0 atom stereocenters. The Morgan fingerprint density at radius 1 is 0.340 bits per heavy atom. The predicted molar refractivity (Wildman–Crippen MR) is 258 cm³/mol. The SMILES string of the molecule is Bc1c(B)c(B)c2c(-c3ccc4ccccc4c3)c3c(B)c(B)c(B)c(B)c3c(-c3cccc(-c4ccc5c(c4)C(C)(C)c4ccccc4-5)c3)c2c1B. The second-order valence-electron chi connectivity index (χ2n) is 16.3. The van der Waals surface area contributed by atoms with Crippen LogP contribution in [0.2, 0.25) is 0 Å². The fourth-order valence-corrected chi connectivity index (χ4v) is 9.79. The zero-order valence-electron chi connectivity index (χ0n) is 32.9. The van der Waals surface area contributed by atoms with Crippen LogP contribution < -0.4 is 43.7 Å². The molecule has 0 spiro atoms. The van der Waals surface area contributed by atoms with Gasteiger partial charge in [0.05, 0.1) is 0 Å². The lowest BCUT2D eigenvalue weighted by Gasteiger charge is -2.28. The first-order chi connectivity index (χ1) is 25.4. The standard InChI is InChI=1S/C45H40B8/c1-45(2)29-13-6-5-12-27(29)28-17-16-24(20-30(28)45)23-10-7-11-25(19-23)31-33-35(39(48)43(52)41(50)37(33)46)32(26-15-14-21-8-3-4-9-22(21)18-26)36-34(31)38(47)42(51)44(53)40(36)49/h3-20H,46-53H2,1-2H3. The molecule has 0 aliphatic heterocycles. The quantitative estimate of drug-likeness (QED) is 0.160. The number of benzene rings is 8. The minimum absolute atomic E-state index is 0.0431. The topological polar surface area (TPSA) is 0 Å². The molecule has 0 aromatic heterocycles. The normalized spacial score (nSPS) is 13.1. The summed E-state index contributed by atoms with van der Waals surface area (Å²) in [6.07, 6.45) is 0. The van der Waals surface area contributed by atoms with Crippen molar-refractivity contribution in [2.45, 2.75) is 19.3 Å². The summed E-state index contributed by atoms with van der Waals surface area (Å²) in [5.74, 6) is 0. The highest BCUT2D eigenvalue weighted by molar-refractivity contribution is 6.71. The molecule has 0 nitrogen and oxygen atoms in total. The van der Waals surface area contributed by atoms with E-state index in [9.17, 15) is 0 Å². The smallest absolute Gasteiger partial charge is 0.101 e. The average Bonchev–Trinajstić information content (AvgIpc) is 3.41. The Morgan fingerprint density at radius 2 is 0.792 bits per heavy atom. The first-order valence-electron chi connectivity index (χ1n) is 19.2. The van der Waals surface area contributed by atoms with Crippen molar-refractivity contribution in [2.24, 2.45) is 0 Å². The van der Waals surface area contributed by atoms with Gasteiger partial charge in [-0.3, -0.25) is 0 Å². The summed E-state index contributed by atoms with van der Waals surface area (Å²) in [4.78, 5) is 0. The number of hydrogen-bond acceptors (Lipinski definition) is 0. The Hall–Kier alpha value is -4.94. The molecule has 8 aromatic rings. The Bertz CT molecular complexity index is 2830. The van der Waals surface area contributed by atoms with Crippen molar-refractivity contribution in [1.82, 2.24) is 0 Å². The summed E-state index contributed by atoms with van der Waals surface area (Å²) in [5.41, 5.74) is 24.4. The summed E-state index contributed by atoms with van der Waals surface area (Å²) < 4.78 is 0. The minimum atomic E-state index is -0.0431. The molecule has 8 heteroatoms. The van der Waals surface area contributed by atoms with Crippen molar-refractivity contribution in [2.75, 3.05) is 0 Å². The lowest BCUT2D eigenvalue weighted by Crippen LogP contribution is -2.50. The molecule has 0 amide bonds. The Morgan fingerprint density at radius 3 is 1.40 bits per heavy atom. The van der Waals surface area contributed by atoms with Gasteiger partial charge in [0.1, 0.15) is 62.8 Å². The molecule has 9 rings (SSSR count). The highest BCUT2D eigenvalue weighted by atomic mass is 14.4. The van der Waals surface area contributed by atoms with Gasteiger partial charge in [0, 0.05) is 5.41 Å². The van der Waals surface area contributed by atoms with Crippen molar-refractivity contribution in [3.63, 3.8) is 0 Å². The van der Waals surface area contributed by atoms with E-state index in [4.69, 9.17) is 0 Å². The van der Waals surface area contributed by atoms with Crippen LogP contribution in [0.25, 0.3) is 76.8 Å². The molecule has 0 unspecified atom stereocenters. The Kier molecular flexibility index (Phi) is 7.69. The van der Waals surface area contributed by atoms with Gasteiger partial charge in [-0.15, -0.1) is 21.9 Å². The fourth-order valence-electron chi connectivity index (χ4n) is 9.79. The molecule has 0 fully saturated rings. The third-order valence-electron chi connectivity index (χ3n) is 13.5. The highest BCUT2D eigenvalue weighted by Crippen LogP contribution is 2.50. The van der Waals surface area contributed by atoms with E-state index in [2.05, 4.69) is 186 Å². The Labute approximate surface area is 321 Å². The van der Waals surface area contributed by atoms with Crippen molar-refractivity contribution in [3.05, 3.63) is 120 Å². The summed E-state index contributed by atoms with van der Waals surface area (Å²) in [6.45, 7) is 4.75. The lowest BCUT2D eigenvalue weighted by atomic mass is 9.59. The van der Waals surface area contributed by atoms with Crippen LogP contribution in [0.3, 0.4) is 0 Å². The van der Waals surface area contributed by atoms with Crippen LogP contribution in [0.5, 0.6) is 0 Å². The second kappa shape index (κ2) is 12.0. The van der Waals surface area contributed by atoms with E-state index in [1.165, 1.54) is 132 Å². The zero-order chi connectivity index (χ0) is 37.1. The zero-order valence-corrected chi connectivity index (χ0v) is 32.9. The molecule has 0 saturated heterocycles. The van der Waals surface area contributed by atoms with E-state index in [0.717, 1.165) is 0 Å². The van der Waals surface area contributed by atoms with Crippen LogP contribution in [0.4, 0.5) is 0 Å². The van der Waals surface area contributed by atoms with E-state index in [1.54, 1.807) is 0 Å².